The van der Waals surface area contributed by atoms with Crippen LogP contribution in [0.2, 0.25) is 0 Å². The van der Waals surface area contributed by atoms with Gasteiger partial charge in [-0.3, -0.25) is 9.69 Å². The molecule has 0 bridgehead atoms. The van der Waals surface area contributed by atoms with Gasteiger partial charge in [-0.05, 0) is 39.3 Å². The van der Waals surface area contributed by atoms with Crippen molar-refractivity contribution in [2.24, 2.45) is 17.6 Å². The average molecular weight is 228 g/mol. The zero-order valence-corrected chi connectivity index (χ0v) is 10.5. The molecule has 0 amide bonds. The topological polar surface area (TPSA) is 66.6 Å². The minimum Gasteiger partial charge on any atom is -0.481 e. The van der Waals surface area contributed by atoms with Gasteiger partial charge in [-0.25, -0.2) is 0 Å². The molecule has 0 heterocycles. The van der Waals surface area contributed by atoms with Crippen LogP contribution in [-0.2, 0) is 4.79 Å². The summed E-state index contributed by atoms with van der Waals surface area (Å²) in [5.41, 5.74) is 5.76. The van der Waals surface area contributed by atoms with Crippen LogP contribution >= 0.6 is 0 Å². The highest BCUT2D eigenvalue weighted by Crippen LogP contribution is 2.30. The van der Waals surface area contributed by atoms with E-state index >= 15 is 0 Å². The summed E-state index contributed by atoms with van der Waals surface area (Å²) in [6.45, 7) is 4.48. The molecule has 3 N–H and O–H groups in total. The molecule has 1 fully saturated rings. The maximum Gasteiger partial charge on any atom is 0.307 e. The van der Waals surface area contributed by atoms with Gasteiger partial charge < -0.3 is 10.8 Å². The number of hydrogen-bond donors (Lipinski definition) is 2. The van der Waals surface area contributed by atoms with Gasteiger partial charge in [-0.1, -0.05) is 13.3 Å². The predicted molar refractivity (Wildman–Crippen MR) is 64.2 cm³/mol. The normalized spacial score (nSPS) is 29.3. The van der Waals surface area contributed by atoms with Gasteiger partial charge in [-0.15, -0.1) is 0 Å². The quantitative estimate of drug-likeness (QED) is 0.741. The molecule has 1 aliphatic rings. The van der Waals surface area contributed by atoms with Crippen molar-refractivity contribution < 1.29 is 9.90 Å². The van der Waals surface area contributed by atoms with E-state index in [0.29, 0.717) is 18.5 Å². The first kappa shape index (κ1) is 13.5. The molecule has 0 spiro atoms. The van der Waals surface area contributed by atoms with E-state index < -0.39 is 5.97 Å². The Morgan fingerprint density at radius 3 is 2.62 bits per heavy atom. The maximum absolute atomic E-state index is 11.0. The van der Waals surface area contributed by atoms with Crippen LogP contribution in [-0.4, -0.2) is 41.7 Å². The molecule has 4 nitrogen and oxygen atoms in total. The molecule has 16 heavy (non-hydrogen) atoms. The Bertz CT molecular complexity index is 245. The second-order valence-corrected chi connectivity index (χ2v) is 5.03. The first-order valence-corrected chi connectivity index (χ1v) is 6.13. The second kappa shape index (κ2) is 5.64. The summed E-state index contributed by atoms with van der Waals surface area (Å²) in [6, 6.07) is 0.524. The zero-order valence-electron chi connectivity index (χ0n) is 10.5. The van der Waals surface area contributed by atoms with E-state index in [2.05, 4.69) is 4.90 Å². The van der Waals surface area contributed by atoms with Gasteiger partial charge >= 0.3 is 5.97 Å². The van der Waals surface area contributed by atoms with E-state index in [4.69, 9.17) is 10.8 Å². The van der Waals surface area contributed by atoms with E-state index in [0.717, 1.165) is 6.42 Å². The molecule has 0 radical (unpaired) electrons. The van der Waals surface area contributed by atoms with E-state index in [-0.39, 0.29) is 12.0 Å². The standard InChI is InChI=1S/C12H24N2O2/c1-8(12(15)16)9(2)14(3)11-6-4-5-10(11)7-13/h8-11H,4-7,13H2,1-3H3,(H,15,16). The van der Waals surface area contributed by atoms with E-state index in [1.807, 2.05) is 14.0 Å². The smallest absolute Gasteiger partial charge is 0.307 e. The minimum absolute atomic E-state index is 0.0645. The van der Waals surface area contributed by atoms with Crippen molar-refractivity contribution in [3.8, 4) is 0 Å². The molecule has 1 rings (SSSR count). The van der Waals surface area contributed by atoms with Crippen LogP contribution in [0.25, 0.3) is 0 Å². The van der Waals surface area contributed by atoms with Gasteiger partial charge in [0.2, 0.25) is 0 Å². The van der Waals surface area contributed by atoms with E-state index in [1.165, 1.54) is 12.8 Å². The molecule has 0 aromatic rings. The lowest BCUT2D eigenvalue weighted by molar-refractivity contribution is -0.143. The molecular formula is C12H24N2O2. The molecule has 4 unspecified atom stereocenters. The van der Waals surface area contributed by atoms with Gasteiger partial charge in [0.15, 0.2) is 0 Å². The fourth-order valence-corrected chi connectivity index (χ4v) is 2.69. The highest BCUT2D eigenvalue weighted by atomic mass is 16.4. The molecule has 4 heteroatoms. The van der Waals surface area contributed by atoms with Crippen LogP contribution in [0, 0.1) is 11.8 Å². The van der Waals surface area contributed by atoms with E-state index in [1.54, 1.807) is 6.92 Å². The molecule has 0 saturated heterocycles. The van der Waals surface area contributed by atoms with Crippen molar-refractivity contribution in [3.05, 3.63) is 0 Å². The number of carboxylic acids is 1. The number of carbonyl (C=O) groups is 1. The Labute approximate surface area is 97.8 Å². The highest BCUT2D eigenvalue weighted by molar-refractivity contribution is 5.70. The summed E-state index contributed by atoms with van der Waals surface area (Å²) in [7, 11) is 2.03. The molecule has 94 valence electrons. The van der Waals surface area contributed by atoms with Crippen LogP contribution in [0.3, 0.4) is 0 Å². The van der Waals surface area contributed by atoms with Gasteiger partial charge in [0, 0.05) is 12.1 Å². The first-order valence-electron chi connectivity index (χ1n) is 6.13. The number of aliphatic carboxylic acids is 1. The SMILES string of the molecule is CC(C(=O)O)C(C)N(C)C1CCCC1CN. The van der Waals surface area contributed by atoms with Crippen molar-refractivity contribution in [3.63, 3.8) is 0 Å². The molecule has 0 aromatic carbocycles. The number of carboxylic acid groups (broad SMARTS) is 1. The second-order valence-electron chi connectivity index (χ2n) is 5.03. The van der Waals surface area contributed by atoms with Crippen molar-refractivity contribution >= 4 is 5.97 Å². The minimum atomic E-state index is -0.721. The van der Waals surface area contributed by atoms with Crippen LogP contribution in [0.1, 0.15) is 33.1 Å². The zero-order chi connectivity index (χ0) is 12.3. The van der Waals surface area contributed by atoms with Gasteiger partial charge in [-0.2, -0.15) is 0 Å². The number of nitrogens with two attached hydrogens (primary N) is 1. The summed E-state index contributed by atoms with van der Waals surface area (Å²) in [5.74, 6) is -0.515. The lowest BCUT2D eigenvalue weighted by Gasteiger charge is -2.35. The van der Waals surface area contributed by atoms with Gasteiger partial charge in [0.1, 0.15) is 0 Å². The van der Waals surface area contributed by atoms with Crippen LogP contribution in [0.5, 0.6) is 0 Å². The monoisotopic (exact) mass is 228 g/mol. The van der Waals surface area contributed by atoms with E-state index in [9.17, 15) is 4.79 Å². The molecule has 4 atom stereocenters. The molecule has 1 aliphatic carbocycles. The van der Waals surface area contributed by atoms with Crippen LogP contribution in [0.4, 0.5) is 0 Å². The largest absolute Gasteiger partial charge is 0.481 e. The lowest BCUT2D eigenvalue weighted by atomic mass is 9.96. The predicted octanol–water partition coefficient (Wildman–Crippen LogP) is 1.15. The Morgan fingerprint density at radius 1 is 1.50 bits per heavy atom. The van der Waals surface area contributed by atoms with Crippen molar-refractivity contribution in [1.82, 2.24) is 4.90 Å². The van der Waals surface area contributed by atoms with Crippen LogP contribution in [0.15, 0.2) is 0 Å². The van der Waals surface area contributed by atoms with Gasteiger partial charge in [0.25, 0.3) is 0 Å². The summed E-state index contributed by atoms with van der Waals surface area (Å²) in [4.78, 5) is 13.2. The summed E-state index contributed by atoms with van der Waals surface area (Å²) in [5, 5.41) is 9.02. The fourth-order valence-electron chi connectivity index (χ4n) is 2.69. The highest BCUT2D eigenvalue weighted by Gasteiger charge is 2.34. The Balaban J connectivity index is 2.62. The third kappa shape index (κ3) is 2.74. The third-order valence-corrected chi connectivity index (χ3v) is 4.20. The Hall–Kier alpha value is -0.610. The first-order chi connectivity index (χ1) is 7.49. The summed E-state index contributed by atoms with van der Waals surface area (Å²) >= 11 is 0. The number of hydrogen-bond acceptors (Lipinski definition) is 3. The molecule has 1 saturated carbocycles. The summed E-state index contributed by atoms with van der Waals surface area (Å²) < 4.78 is 0. The van der Waals surface area contributed by atoms with Crippen molar-refractivity contribution in [2.45, 2.75) is 45.2 Å². The molecule has 0 aliphatic heterocycles. The lowest BCUT2D eigenvalue weighted by Crippen LogP contribution is -2.46. The third-order valence-electron chi connectivity index (χ3n) is 4.20. The van der Waals surface area contributed by atoms with Crippen LogP contribution < -0.4 is 5.73 Å². The van der Waals surface area contributed by atoms with Gasteiger partial charge in [0.05, 0.1) is 5.92 Å². The molecular weight excluding hydrogens is 204 g/mol. The van der Waals surface area contributed by atoms with Crippen molar-refractivity contribution in [2.75, 3.05) is 13.6 Å². The summed E-state index contributed by atoms with van der Waals surface area (Å²) in [6.07, 6.45) is 3.54. The number of nitrogens with zero attached hydrogens (tertiary/aromatic N) is 1. The Morgan fingerprint density at radius 2 is 2.12 bits per heavy atom. The average Bonchev–Trinajstić information content (AvgIpc) is 2.73. The number of rotatable bonds is 5. The molecule has 0 aromatic heterocycles. The fraction of sp³-hybridized carbons (Fsp3) is 0.917. The Kier molecular flexibility index (Phi) is 4.74. The maximum atomic E-state index is 11.0. The van der Waals surface area contributed by atoms with Crippen molar-refractivity contribution in [1.29, 1.82) is 0 Å².